The Morgan fingerprint density at radius 1 is 1.23 bits per heavy atom. The molecule has 1 N–H and O–H groups in total. The zero-order chi connectivity index (χ0) is 22.2. The lowest BCUT2D eigenvalue weighted by atomic mass is 10.1. The lowest BCUT2D eigenvalue weighted by Crippen LogP contribution is -2.34. The average molecular weight is 435 g/mol. The van der Waals surface area contributed by atoms with Crippen LogP contribution in [-0.2, 0) is 11.2 Å². The maximum absolute atomic E-state index is 13.3. The Bertz CT molecular complexity index is 1260. The van der Waals surface area contributed by atoms with Crippen LogP contribution in [0.15, 0.2) is 52.7 Å². The molecule has 31 heavy (non-hydrogen) atoms. The Labute approximate surface area is 184 Å². The Hall–Kier alpha value is -3.63. The van der Waals surface area contributed by atoms with Crippen molar-refractivity contribution < 1.29 is 14.3 Å². The third-order valence-corrected chi connectivity index (χ3v) is 5.53. The van der Waals surface area contributed by atoms with Gasteiger partial charge in [-0.3, -0.25) is 14.2 Å². The van der Waals surface area contributed by atoms with Crippen molar-refractivity contribution in [3.05, 3.63) is 64.3 Å². The van der Waals surface area contributed by atoms with Gasteiger partial charge in [-0.1, -0.05) is 11.6 Å². The van der Waals surface area contributed by atoms with Crippen molar-refractivity contribution in [2.24, 2.45) is 10.2 Å². The SMILES string of the molecule is C#CC1(CNC(=O)Cc2c(C)n(C(=O)c3ccc(Cl)cc3)c3cc(OC)ccc23)N=N1. The van der Waals surface area contributed by atoms with Crippen molar-refractivity contribution in [2.75, 3.05) is 13.7 Å². The van der Waals surface area contributed by atoms with Gasteiger partial charge in [0.15, 0.2) is 0 Å². The molecule has 2 aromatic carbocycles. The summed E-state index contributed by atoms with van der Waals surface area (Å²) in [5.74, 6) is 2.60. The number of methoxy groups -OCH3 is 1. The fourth-order valence-corrected chi connectivity index (χ4v) is 3.61. The first-order valence-corrected chi connectivity index (χ1v) is 9.92. The van der Waals surface area contributed by atoms with Gasteiger partial charge in [0.05, 0.1) is 25.6 Å². The highest BCUT2D eigenvalue weighted by Gasteiger charge is 2.38. The van der Waals surface area contributed by atoms with E-state index in [1.807, 2.05) is 13.0 Å². The van der Waals surface area contributed by atoms with Gasteiger partial charge in [-0.05, 0) is 54.8 Å². The number of rotatable bonds is 6. The van der Waals surface area contributed by atoms with Gasteiger partial charge < -0.3 is 10.1 Å². The molecule has 1 aliphatic heterocycles. The first-order chi connectivity index (χ1) is 14.9. The first-order valence-electron chi connectivity index (χ1n) is 9.54. The van der Waals surface area contributed by atoms with Crippen LogP contribution in [0.3, 0.4) is 0 Å². The van der Waals surface area contributed by atoms with E-state index in [4.69, 9.17) is 22.8 Å². The zero-order valence-corrected chi connectivity index (χ0v) is 17.7. The first kappa shape index (κ1) is 20.6. The van der Waals surface area contributed by atoms with E-state index in [1.54, 1.807) is 48.1 Å². The number of nitrogens with one attached hydrogen (secondary N) is 1. The maximum atomic E-state index is 13.3. The standard InChI is InChI=1S/C23H19ClN4O3/c1-4-23(26-27-23)13-25-21(29)12-19-14(2)28(20-11-17(31-3)9-10-18(19)20)22(30)15-5-7-16(24)8-6-15/h1,5-11H,12-13H2,2-3H3,(H,25,29). The lowest BCUT2D eigenvalue weighted by Gasteiger charge is -2.09. The number of halogens is 1. The molecule has 0 spiro atoms. The van der Waals surface area contributed by atoms with Crippen molar-refractivity contribution >= 4 is 34.3 Å². The molecule has 3 aromatic rings. The van der Waals surface area contributed by atoms with Gasteiger partial charge in [0.2, 0.25) is 5.91 Å². The van der Waals surface area contributed by atoms with Gasteiger partial charge in [-0.2, -0.15) is 0 Å². The summed E-state index contributed by atoms with van der Waals surface area (Å²) in [6, 6.07) is 12.1. The van der Waals surface area contributed by atoms with E-state index in [9.17, 15) is 9.59 Å². The molecule has 1 amide bonds. The third kappa shape index (κ3) is 3.90. The number of aromatic nitrogens is 1. The molecule has 0 unspecified atom stereocenters. The normalized spacial score (nSPS) is 13.6. The van der Waals surface area contributed by atoms with Crippen molar-refractivity contribution in [2.45, 2.75) is 19.0 Å². The summed E-state index contributed by atoms with van der Waals surface area (Å²) in [4.78, 5) is 25.9. The van der Waals surface area contributed by atoms with Crippen LogP contribution < -0.4 is 10.1 Å². The molecule has 0 atom stereocenters. The fraction of sp³-hybridized carbons (Fsp3) is 0.217. The number of nitrogens with zero attached hydrogens (tertiary/aromatic N) is 3. The van der Waals surface area contributed by atoms with Crippen LogP contribution in [0, 0.1) is 19.3 Å². The van der Waals surface area contributed by atoms with Gasteiger partial charge in [0.1, 0.15) is 5.75 Å². The molecular formula is C23H19ClN4O3. The van der Waals surface area contributed by atoms with E-state index in [2.05, 4.69) is 21.5 Å². The Balaban J connectivity index is 1.71. The highest BCUT2D eigenvalue weighted by molar-refractivity contribution is 6.30. The molecule has 1 aliphatic rings. The summed E-state index contributed by atoms with van der Waals surface area (Å²) in [6.07, 6.45) is 5.46. The van der Waals surface area contributed by atoms with Gasteiger partial charge in [0.25, 0.3) is 11.6 Å². The number of ether oxygens (including phenoxy) is 1. The second-order valence-corrected chi connectivity index (χ2v) is 7.65. The summed E-state index contributed by atoms with van der Waals surface area (Å²) in [7, 11) is 1.56. The third-order valence-electron chi connectivity index (χ3n) is 5.28. The minimum atomic E-state index is -0.934. The van der Waals surface area contributed by atoms with E-state index in [-0.39, 0.29) is 24.8 Å². The molecule has 0 radical (unpaired) electrons. The van der Waals surface area contributed by atoms with E-state index in [1.165, 1.54) is 0 Å². The Kier molecular flexibility index (Phi) is 5.25. The van der Waals surface area contributed by atoms with Crippen molar-refractivity contribution in [3.8, 4) is 18.1 Å². The van der Waals surface area contributed by atoms with Crippen molar-refractivity contribution in [3.63, 3.8) is 0 Å². The molecule has 0 saturated carbocycles. The lowest BCUT2D eigenvalue weighted by molar-refractivity contribution is -0.120. The summed E-state index contributed by atoms with van der Waals surface area (Å²) in [5.41, 5.74) is 1.63. The highest BCUT2D eigenvalue weighted by atomic mass is 35.5. The number of terminal acetylenes is 1. The van der Waals surface area contributed by atoms with Crippen molar-refractivity contribution in [1.29, 1.82) is 0 Å². The minimum absolute atomic E-state index is 0.0796. The van der Waals surface area contributed by atoms with Gasteiger partial charge in [0, 0.05) is 27.7 Å². The molecule has 8 heteroatoms. The molecule has 1 aromatic heterocycles. The van der Waals surface area contributed by atoms with Crippen LogP contribution >= 0.6 is 11.6 Å². The van der Waals surface area contributed by atoms with Crippen LogP contribution in [0.25, 0.3) is 10.9 Å². The van der Waals surface area contributed by atoms with Crippen LogP contribution in [0.1, 0.15) is 21.6 Å². The second-order valence-electron chi connectivity index (χ2n) is 7.21. The Morgan fingerprint density at radius 3 is 2.55 bits per heavy atom. The molecule has 156 valence electrons. The molecule has 0 bridgehead atoms. The molecular weight excluding hydrogens is 416 g/mol. The Morgan fingerprint density at radius 2 is 1.94 bits per heavy atom. The molecule has 2 heterocycles. The van der Waals surface area contributed by atoms with Crippen LogP contribution in [0.5, 0.6) is 5.75 Å². The summed E-state index contributed by atoms with van der Waals surface area (Å²) in [5, 5.41) is 11.7. The number of benzene rings is 2. The highest BCUT2D eigenvalue weighted by Crippen LogP contribution is 2.31. The van der Waals surface area contributed by atoms with Gasteiger partial charge in [-0.15, -0.1) is 16.7 Å². The topological polar surface area (TPSA) is 85.0 Å². The quantitative estimate of drug-likeness (QED) is 0.599. The predicted molar refractivity (Wildman–Crippen MR) is 118 cm³/mol. The number of carbonyl (C=O) groups is 2. The average Bonchev–Trinajstić information content (AvgIpc) is 3.52. The van der Waals surface area contributed by atoms with Gasteiger partial charge >= 0.3 is 0 Å². The fourth-order valence-electron chi connectivity index (χ4n) is 3.48. The summed E-state index contributed by atoms with van der Waals surface area (Å²) >= 11 is 5.96. The number of fused-ring (bicyclic) bond motifs is 1. The number of hydrogen-bond acceptors (Lipinski definition) is 5. The molecule has 0 saturated heterocycles. The summed E-state index contributed by atoms with van der Waals surface area (Å²) in [6.45, 7) is 1.97. The van der Waals surface area contributed by atoms with Crippen molar-refractivity contribution in [1.82, 2.24) is 9.88 Å². The van der Waals surface area contributed by atoms with E-state index < -0.39 is 5.66 Å². The predicted octanol–water partition coefficient (Wildman–Crippen LogP) is 3.75. The van der Waals surface area contributed by atoms with Crippen LogP contribution in [0.4, 0.5) is 0 Å². The van der Waals surface area contributed by atoms with Crippen LogP contribution in [-0.4, -0.2) is 35.7 Å². The van der Waals surface area contributed by atoms with E-state index in [0.29, 0.717) is 27.5 Å². The number of hydrogen-bond donors (Lipinski definition) is 1. The number of carbonyl (C=O) groups excluding carboxylic acids is 2. The molecule has 4 rings (SSSR count). The maximum Gasteiger partial charge on any atom is 0.267 e. The van der Waals surface area contributed by atoms with E-state index in [0.717, 1.165) is 10.9 Å². The smallest absolute Gasteiger partial charge is 0.267 e. The molecule has 0 aliphatic carbocycles. The molecule has 7 nitrogen and oxygen atoms in total. The zero-order valence-electron chi connectivity index (χ0n) is 17.0. The van der Waals surface area contributed by atoms with E-state index >= 15 is 0 Å². The largest absolute Gasteiger partial charge is 0.497 e. The minimum Gasteiger partial charge on any atom is -0.497 e. The number of amides is 1. The molecule has 0 fully saturated rings. The summed E-state index contributed by atoms with van der Waals surface area (Å²) < 4.78 is 6.94. The second kappa shape index (κ2) is 7.89. The van der Waals surface area contributed by atoms with Gasteiger partial charge in [-0.25, -0.2) is 0 Å². The monoisotopic (exact) mass is 434 g/mol. The van der Waals surface area contributed by atoms with Crippen LogP contribution in [0.2, 0.25) is 5.02 Å².